The van der Waals surface area contributed by atoms with Gasteiger partial charge in [-0.1, -0.05) is 26.7 Å². The third-order valence-electron chi connectivity index (χ3n) is 4.16. The molecular formula is C16H32N2O. The van der Waals surface area contributed by atoms with E-state index in [1.165, 1.54) is 32.1 Å². The van der Waals surface area contributed by atoms with Gasteiger partial charge >= 0.3 is 0 Å². The zero-order valence-corrected chi connectivity index (χ0v) is 13.2. The largest absolute Gasteiger partial charge is 0.356 e. The lowest BCUT2D eigenvalue weighted by Crippen LogP contribution is -2.38. The molecule has 0 bridgehead atoms. The van der Waals surface area contributed by atoms with E-state index >= 15 is 0 Å². The number of nitrogens with one attached hydrogen (secondary N) is 1. The number of hydrogen-bond acceptors (Lipinski definition) is 2. The van der Waals surface area contributed by atoms with Crippen LogP contribution in [0, 0.1) is 11.3 Å². The molecule has 0 unspecified atom stereocenters. The molecule has 1 saturated carbocycles. The van der Waals surface area contributed by atoms with Gasteiger partial charge in [0.25, 0.3) is 0 Å². The van der Waals surface area contributed by atoms with Crippen LogP contribution in [0.2, 0.25) is 0 Å². The predicted molar refractivity (Wildman–Crippen MR) is 80.9 cm³/mol. The summed E-state index contributed by atoms with van der Waals surface area (Å²) in [5, 5.41) is 3.15. The molecule has 1 aliphatic carbocycles. The minimum atomic E-state index is -0.250. The third kappa shape index (κ3) is 6.42. The van der Waals surface area contributed by atoms with Gasteiger partial charge in [0.05, 0.1) is 0 Å². The summed E-state index contributed by atoms with van der Waals surface area (Å²) in [5.74, 6) is 0.867. The maximum absolute atomic E-state index is 11.9. The van der Waals surface area contributed by atoms with E-state index in [0.29, 0.717) is 17.8 Å². The van der Waals surface area contributed by atoms with Gasteiger partial charge in [-0.25, -0.2) is 0 Å². The molecule has 0 saturated heterocycles. The van der Waals surface area contributed by atoms with Gasteiger partial charge in [-0.05, 0) is 50.9 Å². The van der Waals surface area contributed by atoms with Crippen molar-refractivity contribution in [1.29, 1.82) is 0 Å². The predicted octanol–water partition coefficient (Wildman–Crippen LogP) is 3.23. The summed E-state index contributed by atoms with van der Waals surface area (Å²) in [4.78, 5) is 11.9. The van der Waals surface area contributed by atoms with Gasteiger partial charge in [-0.3, -0.25) is 4.79 Å². The zero-order chi connectivity index (χ0) is 14.5. The molecule has 0 spiro atoms. The highest BCUT2D eigenvalue weighted by Crippen LogP contribution is 2.42. The summed E-state index contributed by atoms with van der Waals surface area (Å²) in [5.41, 5.74) is 6.03. The molecule has 0 atom stereocenters. The average Bonchev–Trinajstić information content (AvgIpc) is 2.71. The number of carbonyl (C=O) groups is 1. The Morgan fingerprint density at radius 2 is 1.89 bits per heavy atom. The fraction of sp³-hybridized carbons (Fsp3) is 0.938. The number of amides is 1. The maximum atomic E-state index is 11.9. The van der Waals surface area contributed by atoms with Crippen LogP contribution in [0.5, 0.6) is 0 Å². The highest BCUT2D eigenvalue weighted by molar-refractivity contribution is 5.76. The van der Waals surface area contributed by atoms with Crippen molar-refractivity contribution in [1.82, 2.24) is 5.32 Å². The van der Waals surface area contributed by atoms with Crippen molar-refractivity contribution in [2.45, 2.75) is 78.2 Å². The van der Waals surface area contributed by atoms with Gasteiger partial charge in [0.2, 0.25) is 5.91 Å². The Labute approximate surface area is 118 Å². The van der Waals surface area contributed by atoms with E-state index in [4.69, 9.17) is 5.73 Å². The van der Waals surface area contributed by atoms with E-state index in [-0.39, 0.29) is 11.4 Å². The van der Waals surface area contributed by atoms with Crippen molar-refractivity contribution in [3.8, 4) is 0 Å². The molecule has 1 rings (SSSR count). The first-order chi connectivity index (χ1) is 8.72. The highest BCUT2D eigenvalue weighted by atomic mass is 16.1. The van der Waals surface area contributed by atoms with Crippen LogP contribution in [0.4, 0.5) is 0 Å². The summed E-state index contributed by atoms with van der Waals surface area (Å²) < 4.78 is 0. The highest BCUT2D eigenvalue weighted by Gasteiger charge is 2.34. The van der Waals surface area contributed by atoms with Gasteiger partial charge in [0.15, 0.2) is 0 Å². The van der Waals surface area contributed by atoms with E-state index in [2.05, 4.69) is 19.2 Å². The molecule has 1 amide bonds. The Balaban J connectivity index is 2.38. The average molecular weight is 268 g/mol. The molecule has 0 heterocycles. The lowest BCUT2D eigenvalue weighted by Gasteiger charge is -2.31. The summed E-state index contributed by atoms with van der Waals surface area (Å²) in [6, 6.07) is 0. The van der Waals surface area contributed by atoms with E-state index in [9.17, 15) is 4.79 Å². The first kappa shape index (κ1) is 16.5. The molecule has 3 nitrogen and oxygen atoms in total. The minimum absolute atomic E-state index is 0.161. The van der Waals surface area contributed by atoms with E-state index in [0.717, 1.165) is 13.0 Å². The van der Waals surface area contributed by atoms with Gasteiger partial charge < -0.3 is 11.1 Å². The SMILES string of the molecule is CC(C)CC1(CNC(=O)CCC(C)(C)N)CCCC1. The molecule has 1 aliphatic rings. The first-order valence-electron chi connectivity index (χ1n) is 7.78. The molecule has 0 aromatic rings. The van der Waals surface area contributed by atoms with Crippen LogP contribution in [0.15, 0.2) is 0 Å². The fourth-order valence-corrected chi connectivity index (χ4v) is 3.25. The molecular weight excluding hydrogens is 236 g/mol. The second-order valence-electron chi connectivity index (χ2n) is 7.57. The molecule has 0 radical (unpaired) electrons. The zero-order valence-electron chi connectivity index (χ0n) is 13.2. The standard InChI is InChI=1S/C16H32N2O/c1-13(2)11-16(8-5-6-9-16)12-18-14(19)7-10-15(3,4)17/h13H,5-12,17H2,1-4H3,(H,18,19). The second-order valence-corrected chi connectivity index (χ2v) is 7.57. The number of nitrogens with two attached hydrogens (primary N) is 1. The molecule has 3 N–H and O–H groups in total. The van der Waals surface area contributed by atoms with E-state index in [1.54, 1.807) is 0 Å². The number of hydrogen-bond donors (Lipinski definition) is 2. The topological polar surface area (TPSA) is 55.1 Å². The van der Waals surface area contributed by atoms with Crippen molar-refractivity contribution in [2.75, 3.05) is 6.54 Å². The van der Waals surface area contributed by atoms with Crippen LogP contribution >= 0.6 is 0 Å². The Hall–Kier alpha value is -0.570. The second kappa shape index (κ2) is 6.74. The first-order valence-corrected chi connectivity index (χ1v) is 7.78. The Bertz CT molecular complexity index is 286. The Morgan fingerprint density at radius 3 is 2.37 bits per heavy atom. The number of rotatable bonds is 7. The van der Waals surface area contributed by atoms with Crippen molar-refractivity contribution in [2.24, 2.45) is 17.1 Å². The van der Waals surface area contributed by atoms with E-state index in [1.807, 2.05) is 13.8 Å². The van der Waals surface area contributed by atoms with Crippen molar-refractivity contribution in [3.05, 3.63) is 0 Å². The normalized spacial score (nSPS) is 18.8. The third-order valence-corrected chi connectivity index (χ3v) is 4.16. The fourth-order valence-electron chi connectivity index (χ4n) is 3.25. The molecule has 0 aliphatic heterocycles. The molecule has 112 valence electrons. The molecule has 0 aromatic heterocycles. The van der Waals surface area contributed by atoms with Crippen molar-refractivity contribution in [3.63, 3.8) is 0 Å². The maximum Gasteiger partial charge on any atom is 0.220 e. The Kier molecular flexibility index (Phi) is 5.84. The summed E-state index contributed by atoms with van der Waals surface area (Å²) in [6.07, 6.45) is 7.70. The van der Waals surface area contributed by atoms with Crippen LogP contribution in [0.3, 0.4) is 0 Å². The van der Waals surface area contributed by atoms with Gasteiger partial charge in [-0.2, -0.15) is 0 Å². The molecule has 3 heteroatoms. The van der Waals surface area contributed by atoms with Crippen LogP contribution in [-0.4, -0.2) is 18.0 Å². The van der Waals surface area contributed by atoms with Crippen LogP contribution in [0.25, 0.3) is 0 Å². The van der Waals surface area contributed by atoms with Crippen LogP contribution in [-0.2, 0) is 4.79 Å². The lowest BCUT2D eigenvalue weighted by atomic mass is 9.78. The van der Waals surface area contributed by atoms with Gasteiger partial charge in [0.1, 0.15) is 0 Å². The smallest absolute Gasteiger partial charge is 0.220 e. The monoisotopic (exact) mass is 268 g/mol. The molecule has 1 fully saturated rings. The van der Waals surface area contributed by atoms with Gasteiger partial charge in [-0.15, -0.1) is 0 Å². The van der Waals surface area contributed by atoms with Crippen molar-refractivity contribution >= 4 is 5.91 Å². The molecule has 0 aromatic carbocycles. The minimum Gasteiger partial charge on any atom is -0.356 e. The van der Waals surface area contributed by atoms with E-state index < -0.39 is 0 Å². The Morgan fingerprint density at radius 1 is 1.32 bits per heavy atom. The quantitative estimate of drug-likeness (QED) is 0.745. The summed E-state index contributed by atoms with van der Waals surface area (Å²) in [6.45, 7) is 9.35. The van der Waals surface area contributed by atoms with Crippen molar-refractivity contribution < 1.29 is 4.79 Å². The van der Waals surface area contributed by atoms with Gasteiger partial charge in [0, 0.05) is 18.5 Å². The van der Waals surface area contributed by atoms with Crippen LogP contribution in [0.1, 0.15) is 72.6 Å². The number of carbonyl (C=O) groups excluding carboxylic acids is 1. The summed E-state index contributed by atoms with van der Waals surface area (Å²) >= 11 is 0. The molecule has 19 heavy (non-hydrogen) atoms. The van der Waals surface area contributed by atoms with Crippen LogP contribution < -0.4 is 11.1 Å². The lowest BCUT2D eigenvalue weighted by molar-refractivity contribution is -0.122. The summed E-state index contributed by atoms with van der Waals surface area (Å²) in [7, 11) is 0.